The lowest BCUT2D eigenvalue weighted by atomic mass is 10.3. The van der Waals surface area contributed by atoms with Crippen molar-refractivity contribution in [2.75, 3.05) is 24.2 Å². The number of aromatic nitrogens is 3. The van der Waals surface area contributed by atoms with E-state index in [1.165, 1.54) is 40.7 Å². The number of benzene rings is 1. The maximum atomic E-state index is 12.5. The van der Waals surface area contributed by atoms with Gasteiger partial charge in [-0.3, -0.25) is 24.3 Å². The van der Waals surface area contributed by atoms with Gasteiger partial charge in [-0.05, 0) is 25.1 Å². The minimum absolute atomic E-state index is 0.0883. The first-order chi connectivity index (χ1) is 14.9. The SMILES string of the molecule is Cc1cc(=O)n(-c2ccccc2)c(SCC(=O)NCCNc2ccc([N+](=O)[O-])cn2)n1. The average molecular weight is 440 g/mol. The number of hydrogen-bond donors (Lipinski definition) is 2. The molecule has 2 N–H and O–H groups in total. The number of nitrogens with one attached hydrogen (secondary N) is 2. The minimum Gasteiger partial charge on any atom is -0.368 e. The Hall–Kier alpha value is -3.73. The third-order valence-corrected chi connectivity index (χ3v) is 5.01. The van der Waals surface area contributed by atoms with Gasteiger partial charge in [-0.15, -0.1) is 0 Å². The van der Waals surface area contributed by atoms with Crippen LogP contribution in [0.2, 0.25) is 0 Å². The fourth-order valence-corrected chi connectivity index (χ4v) is 3.55. The molecule has 0 unspecified atom stereocenters. The normalized spacial score (nSPS) is 10.5. The molecule has 0 bridgehead atoms. The molecular formula is C20H20N6O4S. The van der Waals surface area contributed by atoms with Crippen molar-refractivity contribution in [3.8, 4) is 5.69 Å². The lowest BCUT2D eigenvalue weighted by Gasteiger charge is -2.12. The van der Waals surface area contributed by atoms with Crippen LogP contribution in [0.5, 0.6) is 0 Å². The standard InChI is InChI=1S/C20H20N6O4S/c1-14-11-19(28)25(15-5-3-2-4-6-15)20(24-14)31-13-18(27)22-10-9-21-17-8-7-16(12-23-17)26(29)30/h2-8,11-12H,9-10,13H2,1H3,(H,21,23)(H,22,27). The molecule has 0 atom stereocenters. The van der Waals surface area contributed by atoms with Gasteiger partial charge < -0.3 is 10.6 Å². The molecule has 0 aliphatic heterocycles. The number of aryl methyl sites for hydroxylation is 1. The largest absolute Gasteiger partial charge is 0.368 e. The summed E-state index contributed by atoms with van der Waals surface area (Å²) in [4.78, 5) is 43.1. The predicted molar refractivity (Wildman–Crippen MR) is 118 cm³/mol. The number of nitro groups is 1. The Morgan fingerprint density at radius 1 is 1.19 bits per heavy atom. The van der Waals surface area contributed by atoms with Crippen molar-refractivity contribution < 1.29 is 9.72 Å². The summed E-state index contributed by atoms with van der Waals surface area (Å²) in [5.41, 5.74) is 0.971. The van der Waals surface area contributed by atoms with Crippen LogP contribution in [0, 0.1) is 17.0 Å². The summed E-state index contributed by atoms with van der Waals surface area (Å²) >= 11 is 1.18. The zero-order chi connectivity index (χ0) is 22.2. The predicted octanol–water partition coefficient (Wildman–Crippen LogP) is 2.16. The third kappa shape index (κ3) is 6.12. The van der Waals surface area contributed by atoms with E-state index in [1.807, 2.05) is 18.2 Å². The van der Waals surface area contributed by atoms with E-state index in [0.717, 1.165) is 0 Å². The first-order valence-electron chi connectivity index (χ1n) is 9.34. The summed E-state index contributed by atoms with van der Waals surface area (Å²) in [6.07, 6.45) is 1.17. The highest BCUT2D eigenvalue weighted by atomic mass is 32.2. The molecule has 31 heavy (non-hydrogen) atoms. The van der Waals surface area contributed by atoms with Gasteiger partial charge in [-0.2, -0.15) is 0 Å². The second-order valence-corrected chi connectivity index (χ2v) is 7.36. The van der Waals surface area contributed by atoms with E-state index in [4.69, 9.17) is 0 Å². The first-order valence-corrected chi connectivity index (χ1v) is 10.3. The number of pyridine rings is 1. The minimum atomic E-state index is -0.519. The quantitative estimate of drug-likeness (QED) is 0.170. The Kier molecular flexibility index (Phi) is 7.33. The van der Waals surface area contributed by atoms with Crippen LogP contribution in [0.25, 0.3) is 5.69 Å². The third-order valence-electron chi connectivity index (χ3n) is 4.07. The molecule has 10 nitrogen and oxygen atoms in total. The van der Waals surface area contributed by atoms with Crippen molar-refractivity contribution >= 4 is 29.2 Å². The van der Waals surface area contributed by atoms with Gasteiger partial charge in [0.1, 0.15) is 12.0 Å². The highest BCUT2D eigenvalue weighted by Gasteiger charge is 2.12. The number of carbonyl (C=O) groups is 1. The molecule has 11 heteroatoms. The molecule has 0 saturated heterocycles. The van der Waals surface area contributed by atoms with E-state index in [-0.39, 0.29) is 22.9 Å². The number of rotatable bonds is 9. The lowest BCUT2D eigenvalue weighted by Crippen LogP contribution is -2.30. The lowest BCUT2D eigenvalue weighted by molar-refractivity contribution is -0.385. The van der Waals surface area contributed by atoms with E-state index in [1.54, 1.807) is 19.1 Å². The Bertz CT molecular complexity index is 1120. The summed E-state index contributed by atoms with van der Waals surface area (Å²) < 4.78 is 1.48. The van der Waals surface area contributed by atoms with Crippen LogP contribution < -0.4 is 16.2 Å². The molecule has 3 rings (SSSR count). The highest BCUT2D eigenvalue weighted by Crippen LogP contribution is 2.18. The van der Waals surface area contributed by atoms with E-state index >= 15 is 0 Å². The van der Waals surface area contributed by atoms with E-state index in [0.29, 0.717) is 35.4 Å². The zero-order valence-corrected chi connectivity index (χ0v) is 17.5. The fraction of sp³-hybridized carbons (Fsp3) is 0.200. The van der Waals surface area contributed by atoms with Gasteiger partial charge in [0.05, 0.1) is 16.4 Å². The molecule has 0 spiro atoms. The number of carbonyl (C=O) groups excluding carboxylic acids is 1. The Labute approximate surface area is 181 Å². The summed E-state index contributed by atoms with van der Waals surface area (Å²) in [7, 11) is 0. The maximum Gasteiger partial charge on any atom is 0.287 e. The number of hydrogen-bond acceptors (Lipinski definition) is 8. The van der Waals surface area contributed by atoms with Gasteiger partial charge in [0.25, 0.3) is 11.2 Å². The van der Waals surface area contributed by atoms with Crippen LogP contribution in [-0.2, 0) is 4.79 Å². The number of para-hydroxylation sites is 1. The summed E-state index contributed by atoms with van der Waals surface area (Å²) in [6.45, 7) is 2.47. The molecule has 0 aliphatic rings. The first kappa shape index (κ1) is 22.0. The van der Waals surface area contributed by atoms with Crippen molar-refractivity contribution in [1.82, 2.24) is 19.9 Å². The fourth-order valence-electron chi connectivity index (χ4n) is 2.65. The van der Waals surface area contributed by atoms with E-state index in [9.17, 15) is 19.7 Å². The highest BCUT2D eigenvalue weighted by molar-refractivity contribution is 7.99. The second kappa shape index (κ2) is 10.3. The molecular weight excluding hydrogens is 420 g/mol. The van der Waals surface area contributed by atoms with Gasteiger partial charge in [-0.1, -0.05) is 30.0 Å². The average Bonchev–Trinajstić information content (AvgIpc) is 2.76. The maximum absolute atomic E-state index is 12.5. The molecule has 2 aromatic heterocycles. The van der Waals surface area contributed by atoms with Crippen LogP contribution in [0.1, 0.15) is 5.69 Å². The van der Waals surface area contributed by atoms with Crippen LogP contribution in [0.4, 0.5) is 11.5 Å². The van der Waals surface area contributed by atoms with Gasteiger partial charge >= 0.3 is 0 Å². The van der Waals surface area contributed by atoms with E-state index < -0.39 is 4.92 Å². The summed E-state index contributed by atoms with van der Waals surface area (Å²) in [6, 6.07) is 13.4. The smallest absolute Gasteiger partial charge is 0.287 e. The summed E-state index contributed by atoms with van der Waals surface area (Å²) in [5.74, 6) is 0.363. The van der Waals surface area contributed by atoms with Crippen LogP contribution in [0.3, 0.4) is 0 Å². The van der Waals surface area contributed by atoms with Crippen LogP contribution in [0.15, 0.2) is 64.7 Å². The topological polar surface area (TPSA) is 132 Å². The van der Waals surface area contributed by atoms with Crippen molar-refractivity contribution in [3.05, 3.63) is 80.9 Å². The van der Waals surface area contributed by atoms with Crippen LogP contribution >= 0.6 is 11.8 Å². The molecule has 2 heterocycles. The van der Waals surface area contributed by atoms with Crippen molar-refractivity contribution in [2.24, 2.45) is 0 Å². The van der Waals surface area contributed by atoms with Gasteiger partial charge in [0, 0.05) is 30.9 Å². The number of thioether (sulfide) groups is 1. The Morgan fingerprint density at radius 2 is 1.97 bits per heavy atom. The molecule has 0 saturated carbocycles. The molecule has 3 aromatic rings. The molecule has 1 aromatic carbocycles. The van der Waals surface area contributed by atoms with Crippen molar-refractivity contribution in [2.45, 2.75) is 12.1 Å². The molecule has 0 radical (unpaired) electrons. The molecule has 160 valence electrons. The molecule has 0 fully saturated rings. The molecule has 0 aliphatic carbocycles. The van der Waals surface area contributed by atoms with Crippen molar-refractivity contribution in [1.29, 1.82) is 0 Å². The number of amides is 1. The zero-order valence-electron chi connectivity index (χ0n) is 16.6. The van der Waals surface area contributed by atoms with E-state index in [2.05, 4.69) is 20.6 Å². The summed E-state index contributed by atoms with van der Waals surface area (Å²) in [5, 5.41) is 16.8. The van der Waals surface area contributed by atoms with Crippen molar-refractivity contribution in [3.63, 3.8) is 0 Å². The van der Waals surface area contributed by atoms with Crippen LogP contribution in [-0.4, -0.2) is 44.2 Å². The Balaban J connectivity index is 1.52. The monoisotopic (exact) mass is 440 g/mol. The van der Waals surface area contributed by atoms with Gasteiger partial charge in [0.2, 0.25) is 5.91 Å². The number of anilines is 1. The Morgan fingerprint density at radius 3 is 2.65 bits per heavy atom. The van der Waals surface area contributed by atoms with Gasteiger partial charge in [0.15, 0.2) is 5.16 Å². The van der Waals surface area contributed by atoms with Gasteiger partial charge in [-0.25, -0.2) is 9.97 Å². The number of nitrogens with zero attached hydrogens (tertiary/aromatic N) is 4. The molecule has 1 amide bonds. The second-order valence-electron chi connectivity index (χ2n) is 6.41.